The number of halogens is 7. The van der Waals surface area contributed by atoms with E-state index in [4.69, 9.17) is 45.9 Å². The van der Waals surface area contributed by atoms with Crippen LogP contribution in [0.2, 0.25) is 5.02 Å². The molecule has 1 N–H and O–H groups in total. The Morgan fingerprint density at radius 3 is 2.44 bits per heavy atom. The molecule has 2 aromatic carbocycles. The highest BCUT2D eigenvalue weighted by Crippen LogP contribution is 2.50. The molecule has 61 heavy (non-hydrogen) atoms. The van der Waals surface area contributed by atoms with Crippen LogP contribution in [0.5, 0.6) is 17.4 Å². The molecule has 1 unspecified atom stereocenters. The normalized spacial score (nSPS) is 15.0. The first kappa shape index (κ1) is 43.8. The number of carboxylic acid groups (broad SMARTS) is 1. The third kappa shape index (κ3) is 9.34. The molecule has 0 amide bonds. The van der Waals surface area contributed by atoms with Crippen molar-refractivity contribution in [2.45, 2.75) is 37.1 Å². The third-order valence-electron chi connectivity index (χ3n) is 9.89. The summed E-state index contributed by atoms with van der Waals surface area (Å²) in [6, 6.07) is 9.93. The molecular weight excluding hydrogens is 852 g/mol. The number of aliphatic carboxylic acids is 1. The van der Waals surface area contributed by atoms with Crippen LogP contribution in [0.25, 0.3) is 32.0 Å². The monoisotopic (exact) mass is 884 g/mol. The lowest BCUT2D eigenvalue weighted by atomic mass is 9.63. The van der Waals surface area contributed by atoms with Gasteiger partial charge < -0.3 is 28.6 Å². The highest BCUT2D eigenvalue weighted by atomic mass is 35.5. The van der Waals surface area contributed by atoms with E-state index >= 15 is 8.78 Å². The number of furan rings is 1. The number of likely N-dealkylation sites (N-methyl/N-ethyl adjacent to an activating group) is 1. The number of rotatable bonds is 15. The van der Waals surface area contributed by atoms with Crippen LogP contribution in [0.4, 0.5) is 26.3 Å². The predicted molar refractivity (Wildman–Crippen MR) is 214 cm³/mol. The maximum atomic E-state index is 16.8. The number of para-hydroxylation sites is 1. The Kier molecular flexibility index (Phi) is 12.4. The SMILES string of the molecule is [B]C([B])(Oc1ccccc1C(F)(F)C(Oc1ncnc2sc(-c3ccc(F)o3)c(-c3ccc(OCCN4CCN(C)CC4)c(Cl)c3C)c12)C(=O)O)c1ccnn1CC(F)(F)F. The molecule has 316 valence electrons. The lowest BCUT2D eigenvalue weighted by Gasteiger charge is -2.32. The zero-order valence-corrected chi connectivity index (χ0v) is 33.8. The molecule has 0 bridgehead atoms. The molecule has 4 aromatic heterocycles. The van der Waals surface area contributed by atoms with Crippen molar-refractivity contribution in [3.05, 3.63) is 95.0 Å². The summed E-state index contributed by atoms with van der Waals surface area (Å²) in [5.74, 6) is -7.62. The second kappa shape index (κ2) is 17.3. The van der Waals surface area contributed by atoms with E-state index in [-0.39, 0.29) is 31.4 Å². The molecule has 22 heteroatoms. The Morgan fingerprint density at radius 1 is 1.02 bits per heavy atom. The van der Waals surface area contributed by atoms with E-state index in [1.165, 1.54) is 12.1 Å². The summed E-state index contributed by atoms with van der Waals surface area (Å²) < 4.78 is 111. The van der Waals surface area contributed by atoms with Crippen LogP contribution in [-0.4, -0.2) is 115 Å². The summed E-state index contributed by atoms with van der Waals surface area (Å²) >= 11 is 7.85. The summed E-state index contributed by atoms with van der Waals surface area (Å²) in [5.41, 5.74) is -0.584. The van der Waals surface area contributed by atoms with Gasteiger partial charge in [0.05, 0.1) is 31.9 Å². The molecule has 7 rings (SSSR count). The van der Waals surface area contributed by atoms with Crippen LogP contribution in [0, 0.1) is 12.9 Å². The van der Waals surface area contributed by atoms with Crippen LogP contribution >= 0.6 is 22.9 Å². The van der Waals surface area contributed by atoms with Gasteiger partial charge in [0, 0.05) is 50.6 Å². The van der Waals surface area contributed by atoms with Crippen LogP contribution in [-0.2, 0) is 22.7 Å². The highest BCUT2D eigenvalue weighted by molar-refractivity contribution is 7.22. The molecule has 1 saturated heterocycles. The number of benzene rings is 2. The van der Waals surface area contributed by atoms with E-state index in [1.54, 1.807) is 19.1 Å². The summed E-state index contributed by atoms with van der Waals surface area (Å²) in [7, 11) is 14.2. The minimum absolute atomic E-state index is 0.0271. The fourth-order valence-electron chi connectivity index (χ4n) is 6.82. The van der Waals surface area contributed by atoms with E-state index in [0.717, 1.165) is 80.4 Å². The molecule has 0 spiro atoms. The van der Waals surface area contributed by atoms with Gasteiger partial charge in [-0.1, -0.05) is 29.8 Å². The second-order valence-corrected chi connectivity index (χ2v) is 15.5. The lowest BCUT2D eigenvalue weighted by Crippen LogP contribution is -2.45. The number of thiophene rings is 1. The van der Waals surface area contributed by atoms with Gasteiger partial charge in [-0.15, -0.1) is 11.3 Å². The maximum Gasteiger partial charge on any atom is 0.408 e. The minimum atomic E-state index is -4.76. The number of alkyl halides is 5. The number of hydrogen-bond donors (Lipinski definition) is 1. The molecule has 12 nitrogen and oxygen atoms in total. The number of carboxylic acids is 1. The van der Waals surface area contributed by atoms with Crippen molar-refractivity contribution in [2.75, 3.05) is 46.4 Å². The van der Waals surface area contributed by atoms with Crippen molar-refractivity contribution in [1.29, 1.82) is 0 Å². The average molecular weight is 885 g/mol. The van der Waals surface area contributed by atoms with Gasteiger partial charge >= 0.3 is 18.1 Å². The smallest absolute Gasteiger partial charge is 0.408 e. The quantitative estimate of drug-likeness (QED) is 0.0828. The van der Waals surface area contributed by atoms with E-state index in [2.05, 4.69) is 31.9 Å². The van der Waals surface area contributed by atoms with Crippen molar-refractivity contribution in [3.63, 3.8) is 0 Å². The van der Waals surface area contributed by atoms with Gasteiger partial charge in [0.2, 0.25) is 5.88 Å². The number of fused-ring (bicyclic) bond motifs is 1. The summed E-state index contributed by atoms with van der Waals surface area (Å²) in [4.78, 5) is 26.1. The Hall–Kier alpha value is -5.24. The molecule has 1 fully saturated rings. The summed E-state index contributed by atoms with van der Waals surface area (Å²) in [6.07, 6.45) is -5.87. The first-order chi connectivity index (χ1) is 28.8. The molecule has 5 heterocycles. The molecule has 4 radical (unpaired) electrons. The van der Waals surface area contributed by atoms with Gasteiger partial charge in [0.1, 0.15) is 57.3 Å². The number of ether oxygens (including phenoxy) is 3. The Bertz CT molecular complexity index is 2550. The standard InChI is InChI=1S/C39H33B2ClF6N6O6S/c1-21-22(7-8-25(31(21)42)57-18-17-53-15-13-52(2)14-16-53)29-30-34(49-20-50-35(30)61-32(29)26-9-10-28(43)58-26)59-33(36(55)56)38(47,48)23-5-3-4-6-24(23)60-39(40,41)27-11-12-51-54(27)19-37(44,45)46/h3-12,20,33H,13-19H2,1-2H3,(H,55,56). The number of hydrogen-bond acceptors (Lipinski definition) is 11. The number of carbonyl (C=O) groups is 1. The van der Waals surface area contributed by atoms with Crippen LogP contribution < -0.4 is 14.2 Å². The summed E-state index contributed by atoms with van der Waals surface area (Å²) in [6.45, 7) is 4.69. The van der Waals surface area contributed by atoms with Crippen LogP contribution in [0.15, 0.2) is 71.5 Å². The highest BCUT2D eigenvalue weighted by Gasteiger charge is 2.51. The van der Waals surface area contributed by atoms with Gasteiger partial charge in [-0.25, -0.2) is 14.8 Å². The Balaban J connectivity index is 1.25. The average Bonchev–Trinajstić information content (AvgIpc) is 3.94. The van der Waals surface area contributed by atoms with Crippen molar-refractivity contribution in [1.82, 2.24) is 29.5 Å². The second-order valence-electron chi connectivity index (χ2n) is 14.2. The molecule has 0 saturated carbocycles. The Labute approximate surface area is 355 Å². The third-order valence-corrected chi connectivity index (χ3v) is 11.5. The molecule has 6 aromatic rings. The lowest BCUT2D eigenvalue weighted by molar-refractivity contribution is -0.169. The molecule has 1 aliphatic heterocycles. The number of aromatic nitrogens is 4. The van der Waals surface area contributed by atoms with Gasteiger partial charge in [0.15, 0.2) is 0 Å². The zero-order chi connectivity index (χ0) is 43.9. The van der Waals surface area contributed by atoms with E-state index in [9.17, 15) is 27.5 Å². The van der Waals surface area contributed by atoms with Crippen molar-refractivity contribution >= 4 is 54.8 Å². The maximum absolute atomic E-state index is 16.8. The van der Waals surface area contributed by atoms with E-state index < -0.39 is 65.0 Å². The van der Waals surface area contributed by atoms with Crippen molar-refractivity contribution in [3.8, 4) is 39.1 Å². The predicted octanol–water partition coefficient (Wildman–Crippen LogP) is 7.25. The number of piperazine rings is 1. The van der Waals surface area contributed by atoms with Gasteiger partial charge in [-0.3, -0.25) is 9.58 Å². The topological polar surface area (TPSA) is 128 Å². The fourth-order valence-corrected chi connectivity index (χ4v) is 8.15. The zero-order valence-electron chi connectivity index (χ0n) is 32.3. The molecule has 1 aliphatic rings. The molecular formula is C39H33B2ClF6N6O6S. The van der Waals surface area contributed by atoms with Crippen molar-refractivity contribution < 1.29 is 54.9 Å². The first-order valence-corrected chi connectivity index (χ1v) is 19.6. The van der Waals surface area contributed by atoms with Gasteiger partial charge in [0.25, 0.3) is 12.1 Å². The van der Waals surface area contributed by atoms with E-state index in [0.29, 0.717) is 34.7 Å². The van der Waals surface area contributed by atoms with Crippen LogP contribution in [0.3, 0.4) is 0 Å². The largest absolute Gasteiger partial charge is 0.501 e. The van der Waals surface area contributed by atoms with Gasteiger partial charge in [-0.2, -0.15) is 31.4 Å². The fraction of sp³-hybridized carbons (Fsp3) is 0.333. The summed E-state index contributed by atoms with van der Waals surface area (Å²) in [5, 5.41) is 11.4. The van der Waals surface area contributed by atoms with Gasteiger partial charge in [-0.05, 0) is 55.4 Å². The van der Waals surface area contributed by atoms with Crippen LogP contribution in [0.1, 0.15) is 16.8 Å². The Morgan fingerprint density at radius 2 is 1.75 bits per heavy atom. The number of nitrogens with zero attached hydrogens (tertiary/aromatic N) is 6. The molecule has 1 atom stereocenters. The van der Waals surface area contributed by atoms with Crippen molar-refractivity contribution in [2.24, 2.45) is 0 Å². The molecule has 0 aliphatic carbocycles. The van der Waals surface area contributed by atoms with E-state index in [1.807, 2.05) is 0 Å². The first-order valence-electron chi connectivity index (χ1n) is 18.4. The minimum Gasteiger partial charge on any atom is -0.501 e.